The van der Waals surface area contributed by atoms with Crippen molar-refractivity contribution in [2.24, 2.45) is 5.41 Å². The Morgan fingerprint density at radius 3 is 0.737 bits per heavy atom. The molecule has 6 N–H and O–H groups in total. The summed E-state index contributed by atoms with van der Waals surface area (Å²) in [7, 11) is -12.0. The number of aliphatic hydroxyl groups is 3. The van der Waals surface area contributed by atoms with E-state index in [1.165, 1.54) is 36.4 Å². The van der Waals surface area contributed by atoms with Crippen LogP contribution in [0.2, 0.25) is 0 Å². The monoisotopic (exact) mass is 594 g/mol. The van der Waals surface area contributed by atoms with Crippen molar-refractivity contribution in [1.29, 1.82) is 0 Å². The van der Waals surface area contributed by atoms with Crippen LogP contribution in [0.1, 0.15) is 6.92 Å². The maximum Gasteiger partial charge on any atom is 0.294 e. The lowest BCUT2D eigenvalue weighted by molar-refractivity contribution is 0.0200. The highest BCUT2D eigenvalue weighted by Gasteiger charge is 2.20. The molecule has 0 unspecified atom stereocenters. The van der Waals surface area contributed by atoms with Crippen LogP contribution in [0.15, 0.2) is 106 Å². The van der Waals surface area contributed by atoms with Crippen molar-refractivity contribution in [2.45, 2.75) is 21.6 Å². The Morgan fingerprint density at radius 1 is 0.474 bits per heavy atom. The number of rotatable bonds is 6. The number of benzene rings is 3. The van der Waals surface area contributed by atoms with Crippen LogP contribution in [0.25, 0.3) is 0 Å². The summed E-state index contributed by atoms with van der Waals surface area (Å²) in [5.74, 6) is 0. The van der Waals surface area contributed by atoms with Gasteiger partial charge in [0.15, 0.2) is 0 Å². The van der Waals surface area contributed by atoms with E-state index in [0.717, 1.165) is 0 Å². The molecule has 0 heterocycles. The molecule has 3 rings (SSSR count). The van der Waals surface area contributed by atoms with Gasteiger partial charge in [0.1, 0.15) is 0 Å². The van der Waals surface area contributed by atoms with Crippen molar-refractivity contribution in [3.05, 3.63) is 91.0 Å². The molecule has 15 heteroatoms. The van der Waals surface area contributed by atoms with E-state index >= 15 is 0 Å². The van der Waals surface area contributed by atoms with Gasteiger partial charge in [0.05, 0.1) is 34.5 Å². The second kappa shape index (κ2) is 16.3. The van der Waals surface area contributed by atoms with E-state index in [4.69, 9.17) is 29.0 Å². The van der Waals surface area contributed by atoms with E-state index in [1.807, 2.05) is 0 Å². The van der Waals surface area contributed by atoms with Gasteiger partial charge >= 0.3 is 0 Å². The van der Waals surface area contributed by atoms with E-state index in [1.54, 1.807) is 61.5 Å². The van der Waals surface area contributed by atoms with Crippen molar-refractivity contribution in [3.8, 4) is 0 Å². The van der Waals surface area contributed by atoms with Crippen molar-refractivity contribution in [3.63, 3.8) is 0 Å². The van der Waals surface area contributed by atoms with E-state index in [2.05, 4.69) is 0 Å². The smallest absolute Gasteiger partial charge is 0.294 e. The van der Waals surface area contributed by atoms with Gasteiger partial charge in [-0.1, -0.05) is 61.5 Å². The molecule has 0 radical (unpaired) electrons. The third kappa shape index (κ3) is 14.9. The van der Waals surface area contributed by atoms with Crippen LogP contribution >= 0.6 is 0 Å². The average Bonchev–Trinajstić information content (AvgIpc) is 2.89. The van der Waals surface area contributed by atoms with E-state index in [-0.39, 0.29) is 34.5 Å². The maximum absolute atomic E-state index is 10.4. The molecule has 0 aromatic heterocycles. The zero-order valence-corrected chi connectivity index (χ0v) is 22.6. The van der Waals surface area contributed by atoms with Gasteiger partial charge in [0.25, 0.3) is 30.4 Å². The molecule has 0 aliphatic rings. The fourth-order valence-electron chi connectivity index (χ4n) is 1.93. The standard InChI is InChI=1S/3C6H6O3S.C5H12O3/c3*7-10(8,9)6-4-2-1-3-5-6;1-5(2-6,3-7)4-8/h3*1-5H,(H,7,8,9);6-8H,2-4H2,1H3. The molecule has 212 valence electrons. The Bertz CT molecular complexity index is 1210. The highest BCUT2D eigenvalue weighted by molar-refractivity contribution is 7.86. The summed E-state index contributed by atoms with van der Waals surface area (Å²) in [6, 6.07) is 22.3. The van der Waals surface area contributed by atoms with Gasteiger partial charge in [-0.15, -0.1) is 0 Å². The molecular weight excluding hydrogens is 564 g/mol. The lowest BCUT2D eigenvalue weighted by Gasteiger charge is -2.20. The molecule has 38 heavy (non-hydrogen) atoms. The molecule has 0 saturated heterocycles. The van der Waals surface area contributed by atoms with Gasteiger partial charge in [-0.25, -0.2) is 0 Å². The summed E-state index contributed by atoms with van der Waals surface area (Å²) in [4.78, 5) is -0.222. The number of aliphatic hydroxyl groups excluding tert-OH is 3. The molecule has 0 saturated carbocycles. The summed E-state index contributed by atoms with van der Waals surface area (Å²) in [5, 5.41) is 25.4. The second-order valence-electron chi connectivity index (χ2n) is 7.65. The highest BCUT2D eigenvalue weighted by atomic mass is 32.2. The first-order valence-corrected chi connectivity index (χ1v) is 14.7. The van der Waals surface area contributed by atoms with Crippen molar-refractivity contribution >= 4 is 30.4 Å². The first-order chi connectivity index (χ1) is 17.5. The number of hydrogen-bond donors (Lipinski definition) is 6. The Balaban J connectivity index is 0.000000483. The van der Waals surface area contributed by atoms with Crippen LogP contribution < -0.4 is 0 Å². The van der Waals surface area contributed by atoms with E-state index < -0.39 is 35.8 Å². The van der Waals surface area contributed by atoms with Crippen LogP contribution in [-0.2, 0) is 30.4 Å². The second-order valence-corrected chi connectivity index (χ2v) is 11.9. The minimum atomic E-state index is -4.00. The summed E-state index contributed by atoms with van der Waals surface area (Å²) in [6.45, 7) is 1.06. The molecule has 0 spiro atoms. The molecular formula is C23H30O12S3. The zero-order chi connectivity index (χ0) is 29.5. The fourth-order valence-corrected chi connectivity index (χ4v) is 3.43. The summed E-state index contributed by atoms with van der Waals surface area (Å²) in [6.07, 6.45) is 0. The fraction of sp³-hybridized carbons (Fsp3) is 0.217. The Morgan fingerprint density at radius 2 is 0.658 bits per heavy atom. The Kier molecular flexibility index (Phi) is 15.1. The summed E-state index contributed by atoms with van der Waals surface area (Å²) >= 11 is 0. The van der Waals surface area contributed by atoms with Crippen molar-refractivity contribution in [1.82, 2.24) is 0 Å². The number of hydrogen-bond acceptors (Lipinski definition) is 9. The topological polar surface area (TPSA) is 224 Å². The van der Waals surface area contributed by atoms with Gasteiger partial charge in [-0.2, -0.15) is 25.3 Å². The van der Waals surface area contributed by atoms with Gasteiger partial charge in [0.2, 0.25) is 0 Å². The van der Waals surface area contributed by atoms with Crippen LogP contribution in [0, 0.1) is 5.41 Å². The van der Waals surface area contributed by atoms with Crippen molar-refractivity contribution < 1.29 is 54.2 Å². The van der Waals surface area contributed by atoms with Crippen LogP contribution in [0.4, 0.5) is 0 Å². The lowest BCUT2D eigenvalue weighted by atomic mass is 9.95. The largest absolute Gasteiger partial charge is 0.396 e. The molecule has 12 nitrogen and oxygen atoms in total. The first-order valence-electron chi connectivity index (χ1n) is 10.4. The minimum Gasteiger partial charge on any atom is -0.396 e. The molecule has 3 aromatic carbocycles. The molecule has 0 fully saturated rings. The van der Waals surface area contributed by atoms with Gasteiger partial charge < -0.3 is 15.3 Å². The molecule has 0 atom stereocenters. The first kappa shape index (κ1) is 35.3. The lowest BCUT2D eigenvalue weighted by Crippen LogP contribution is -2.29. The van der Waals surface area contributed by atoms with Gasteiger partial charge in [-0.05, 0) is 36.4 Å². The molecule has 0 aliphatic heterocycles. The highest BCUT2D eigenvalue weighted by Crippen LogP contribution is 2.11. The van der Waals surface area contributed by atoms with Gasteiger partial charge in [0, 0.05) is 5.41 Å². The normalized spacial score (nSPS) is 11.4. The van der Waals surface area contributed by atoms with Crippen LogP contribution in [-0.4, -0.2) is 74.1 Å². The molecule has 0 aliphatic carbocycles. The average molecular weight is 595 g/mol. The van der Waals surface area contributed by atoms with Crippen molar-refractivity contribution in [2.75, 3.05) is 19.8 Å². The quantitative estimate of drug-likeness (QED) is 0.225. The van der Waals surface area contributed by atoms with Crippen LogP contribution in [0.5, 0.6) is 0 Å². The van der Waals surface area contributed by atoms with Gasteiger partial charge in [-0.3, -0.25) is 13.7 Å². The SMILES string of the molecule is CC(CO)(CO)CO.O=S(=O)(O)c1ccccc1.O=S(=O)(O)c1ccccc1.O=S(=O)(O)c1ccccc1. The molecule has 0 amide bonds. The predicted octanol–water partition coefficient (Wildman–Crippen LogP) is 1.77. The minimum absolute atomic E-state index is 0.0741. The van der Waals surface area contributed by atoms with Crippen LogP contribution in [0.3, 0.4) is 0 Å². The Labute approximate surface area is 222 Å². The predicted molar refractivity (Wildman–Crippen MR) is 138 cm³/mol. The summed E-state index contributed by atoms with van der Waals surface area (Å²) < 4.78 is 87.7. The Hall–Kier alpha value is -2.73. The third-order valence-electron chi connectivity index (χ3n) is 4.27. The maximum atomic E-state index is 10.4. The third-order valence-corrected chi connectivity index (χ3v) is 6.87. The van der Waals surface area contributed by atoms with E-state index in [9.17, 15) is 25.3 Å². The van der Waals surface area contributed by atoms with E-state index in [0.29, 0.717) is 0 Å². The molecule has 3 aromatic rings. The summed E-state index contributed by atoms with van der Waals surface area (Å²) in [5.41, 5.74) is -0.708. The molecule has 0 bridgehead atoms. The zero-order valence-electron chi connectivity index (χ0n) is 20.1.